The highest BCUT2D eigenvalue weighted by Gasteiger charge is 2.25. The number of nitrogens with one attached hydrogen (secondary N) is 1. The van der Waals surface area contributed by atoms with E-state index in [4.69, 9.17) is 0 Å². The Morgan fingerprint density at radius 1 is 1.18 bits per heavy atom. The standard InChI is InChI=1S/C22H22N4O2/c1-13-9-18-19(10-14(13)2)26(12-17(27)11-16-7-5-4-6-8-16)21-20(25-18)22(28)24-15(3)23-21/h4-10,17,27H,3,11-12H2,1-2H3,(H,24,28). The number of hydrogen-bond donors (Lipinski definition) is 2. The van der Waals surface area contributed by atoms with E-state index < -0.39 is 6.10 Å². The molecule has 2 aromatic carbocycles. The maximum atomic E-state index is 12.5. The highest BCUT2D eigenvalue weighted by Crippen LogP contribution is 2.36. The van der Waals surface area contributed by atoms with Crippen molar-refractivity contribution in [1.29, 1.82) is 0 Å². The van der Waals surface area contributed by atoms with Crippen molar-refractivity contribution in [2.45, 2.75) is 26.4 Å². The molecular weight excluding hydrogens is 352 g/mol. The SMILES string of the molecule is C=c1nc2c(c(=O)[nH]1)=Nc1cc(C)c(C)cc1N2CC(O)Cc1ccccc1. The van der Waals surface area contributed by atoms with Gasteiger partial charge in [-0.1, -0.05) is 36.9 Å². The molecule has 0 amide bonds. The number of nitrogens with zero attached hydrogens (tertiary/aromatic N) is 3. The largest absolute Gasteiger partial charge is 0.391 e. The Morgan fingerprint density at radius 3 is 2.64 bits per heavy atom. The van der Waals surface area contributed by atoms with E-state index in [-0.39, 0.29) is 16.4 Å². The van der Waals surface area contributed by atoms with E-state index in [1.165, 1.54) is 0 Å². The van der Waals surface area contributed by atoms with Crippen molar-refractivity contribution in [2.75, 3.05) is 11.4 Å². The number of rotatable bonds is 4. The Labute approximate surface area is 162 Å². The average molecular weight is 374 g/mol. The van der Waals surface area contributed by atoms with Crippen LogP contribution in [0, 0.1) is 13.8 Å². The van der Waals surface area contributed by atoms with Crippen LogP contribution in [0.15, 0.2) is 52.3 Å². The quantitative estimate of drug-likeness (QED) is 0.730. The minimum Gasteiger partial charge on any atom is -0.391 e. The van der Waals surface area contributed by atoms with Crippen LogP contribution >= 0.6 is 0 Å². The lowest BCUT2D eigenvalue weighted by Crippen LogP contribution is -2.44. The van der Waals surface area contributed by atoms with Crippen LogP contribution in [0.1, 0.15) is 16.7 Å². The van der Waals surface area contributed by atoms with Crippen LogP contribution < -0.4 is 21.3 Å². The van der Waals surface area contributed by atoms with Crippen LogP contribution in [0.3, 0.4) is 0 Å². The fraction of sp³-hybridized carbons (Fsp3) is 0.227. The van der Waals surface area contributed by atoms with Crippen molar-refractivity contribution in [3.8, 4) is 0 Å². The van der Waals surface area contributed by atoms with Crippen LogP contribution in [-0.2, 0) is 6.42 Å². The first-order valence-electron chi connectivity index (χ1n) is 9.21. The van der Waals surface area contributed by atoms with Crippen molar-refractivity contribution in [3.63, 3.8) is 0 Å². The molecule has 28 heavy (non-hydrogen) atoms. The molecule has 2 N–H and O–H groups in total. The second kappa shape index (κ2) is 7.05. The summed E-state index contributed by atoms with van der Waals surface area (Å²) >= 11 is 0. The Balaban J connectivity index is 1.80. The van der Waals surface area contributed by atoms with Crippen molar-refractivity contribution in [3.05, 3.63) is 80.3 Å². The Hall–Kier alpha value is -3.25. The molecule has 4 rings (SSSR count). The number of H-pyrrole nitrogens is 1. The molecule has 6 nitrogen and oxygen atoms in total. The van der Waals surface area contributed by atoms with Crippen LogP contribution in [0.5, 0.6) is 0 Å². The first-order valence-corrected chi connectivity index (χ1v) is 9.21. The fourth-order valence-corrected chi connectivity index (χ4v) is 3.46. The highest BCUT2D eigenvalue weighted by molar-refractivity contribution is 5.77. The molecule has 0 saturated carbocycles. The van der Waals surface area contributed by atoms with Gasteiger partial charge in [-0.3, -0.25) is 4.79 Å². The third-order valence-electron chi connectivity index (χ3n) is 5.00. The number of aliphatic hydroxyl groups excluding tert-OH is 1. The summed E-state index contributed by atoms with van der Waals surface area (Å²) < 4.78 is 0. The monoisotopic (exact) mass is 374 g/mol. The summed E-state index contributed by atoms with van der Waals surface area (Å²) in [6.07, 6.45) is -0.137. The Morgan fingerprint density at radius 2 is 1.89 bits per heavy atom. The molecule has 1 aliphatic heterocycles. The van der Waals surface area contributed by atoms with Crippen LogP contribution in [0.2, 0.25) is 0 Å². The molecule has 142 valence electrons. The summed E-state index contributed by atoms with van der Waals surface area (Å²) in [4.78, 5) is 25.9. The van der Waals surface area contributed by atoms with Gasteiger partial charge in [0, 0.05) is 6.42 Å². The normalized spacial score (nSPS) is 13.5. The van der Waals surface area contributed by atoms with E-state index in [1.54, 1.807) is 0 Å². The zero-order valence-electron chi connectivity index (χ0n) is 15.9. The second-order valence-corrected chi connectivity index (χ2v) is 7.18. The summed E-state index contributed by atoms with van der Waals surface area (Å²) in [7, 11) is 0. The fourth-order valence-electron chi connectivity index (χ4n) is 3.46. The number of hydrogen-bond acceptors (Lipinski definition) is 5. The molecule has 0 spiro atoms. The average Bonchev–Trinajstić information content (AvgIpc) is 2.65. The number of aliphatic hydroxyl groups is 1. The van der Waals surface area contributed by atoms with E-state index in [9.17, 15) is 9.90 Å². The number of β-amino-alcohol motifs (C(OH)–C–C–N with tert-alkyl or cyclic N) is 1. The summed E-state index contributed by atoms with van der Waals surface area (Å²) in [5.41, 5.74) is 4.73. The molecule has 1 aliphatic rings. The molecule has 6 heteroatoms. The highest BCUT2D eigenvalue weighted by atomic mass is 16.3. The maximum absolute atomic E-state index is 12.5. The van der Waals surface area contributed by atoms with Gasteiger partial charge in [0.2, 0.25) is 0 Å². The van der Waals surface area contributed by atoms with Gasteiger partial charge < -0.3 is 15.0 Å². The van der Waals surface area contributed by atoms with E-state index in [0.717, 1.165) is 22.4 Å². The molecule has 1 atom stereocenters. The minimum atomic E-state index is -0.642. The summed E-state index contributed by atoms with van der Waals surface area (Å²) in [6.45, 7) is 8.10. The van der Waals surface area contributed by atoms with E-state index in [0.29, 0.717) is 24.5 Å². The number of aromatic amines is 1. The lowest BCUT2D eigenvalue weighted by molar-refractivity contribution is 0.183. The molecule has 1 unspecified atom stereocenters. The number of aryl methyl sites for hydroxylation is 2. The van der Waals surface area contributed by atoms with Gasteiger partial charge in [0.15, 0.2) is 11.2 Å². The van der Waals surface area contributed by atoms with Gasteiger partial charge in [-0.2, -0.15) is 0 Å². The molecule has 0 fully saturated rings. The topological polar surface area (TPSA) is 81.6 Å². The predicted octanol–water partition coefficient (Wildman–Crippen LogP) is 1.80. The first kappa shape index (κ1) is 18.1. The van der Waals surface area contributed by atoms with E-state index in [2.05, 4.69) is 21.5 Å². The van der Waals surface area contributed by atoms with Crippen molar-refractivity contribution < 1.29 is 5.11 Å². The lowest BCUT2D eigenvalue weighted by Gasteiger charge is -2.30. The molecule has 1 aromatic heterocycles. The molecule has 0 radical (unpaired) electrons. The van der Waals surface area contributed by atoms with Crippen molar-refractivity contribution >= 4 is 23.8 Å². The van der Waals surface area contributed by atoms with Crippen LogP contribution in [0.25, 0.3) is 6.58 Å². The zero-order valence-corrected chi connectivity index (χ0v) is 15.9. The summed E-state index contributed by atoms with van der Waals surface area (Å²) in [5, 5.41) is 11.0. The second-order valence-electron chi connectivity index (χ2n) is 7.18. The molecule has 3 aromatic rings. The van der Waals surface area contributed by atoms with Gasteiger partial charge >= 0.3 is 0 Å². The maximum Gasteiger partial charge on any atom is 0.279 e. The van der Waals surface area contributed by atoms with Gasteiger partial charge in [0.25, 0.3) is 5.56 Å². The van der Waals surface area contributed by atoms with Crippen LogP contribution in [0.4, 0.5) is 17.2 Å². The third-order valence-corrected chi connectivity index (χ3v) is 5.00. The number of aromatic nitrogens is 2. The molecule has 2 heterocycles. The van der Waals surface area contributed by atoms with E-state index >= 15 is 0 Å². The van der Waals surface area contributed by atoms with E-state index in [1.807, 2.05) is 61.2 Å². The van der Waals surface area contributed by atoms with Gasteiger partial charge in [-0.05, 0) is 42.7 Å². The first-order chi connectivity index (χ1) is 13.4. The van der Waals surface area contributed by atoms with Gasteiger partial charge in [0.05, 0.1) is 24.0 Å². The third kappa shape index (κ3) is 3.34. The van der Waals surface area contributed by atoms with Crippen LogP contribution in [-0.4, -0.2) is 27.7 Å². The van der Waals surface area contributed by atoms with Crippen molar-refractivity contribution in [1.82, 2.24) is 9.97 Å². The zero-order chi connectivity index (χ0) is 19.8. The number of benzene rings is 2. The Kier molecular flexibility index (Phi) is 4.57. The Bertz CT molecular complexity index is 1200. The number of anilines is 2. The minimum absolute atomic E-state index is 0.245. The smallest absolute Gasteiger partial charge is 0.279 e. The molecule has 0 aliphatic carbocycles. The molecule has 0 saturated heterocycles. The van der Waals surface area contributed by atoms with Gasteiger partial charge in [-0.25, -0.2) is 9.98 Å². The molecule has 0 bridgehead atoms. The van der Waals surface area contributed by atoms with Gasteiger partial charge in [0.1, 0.15) is 5.48 Å². The lowest BCUT2D eigenvalue weighted by atomic mass is 10.0. The predicted molar refractivity (Wildman–Crippen MR) is 110 cm³/mol. The number of fused-ring (bicyclic) bond motifs is 2. The summed E-state index contributed by atoms with van der Waals surface area (Å²) in [6, 6.07) is 13.8. The van der Waals surface area contributed by atoms with Crippen molar-refractivity contribution in [2.24, 2.45) is 4.99 Å². The summed E-state index contributed by atoms with van der Waals surface area (Å²) in [5.74, 6) is 0.427. The van der Waals surface area contributed by atoms with Gasteiger partial charge in [-0.15, -0.1) is 0 Å². The molecular formula is C22H22N4O2.